The molecule has 0 aromatic rings. The summed E-state index contributed by atoms with van der Waals surface area (Å²) in [4.78, 5) is 111. The quantitative estimate of drug-likeness (QED) is 0.0519. The lowest BCUT2D eigenvalue weighted by Gasteiger charge is -2.46. The van der Waals surface area contributed by atoms with Gasteiger partial charge in [-0.1, -0.05) is 60.6 Å². The van der Waals surface area contributed by atoms with Gasteiger partial charge >= 0.3 is 23.9 Å². The molecule has 26 heteroatoms. The highest BCUT2D eigenvalue weighted by molar-refractivity contribution is 6.02. The van der Waals surface area contributed by atoms with E-state index in [1.54, 1.807) is 27.7 Å². The monoisotopic (exact) mass is 1340 g/mol. The highest BCUT2D eigenvalue weighted by Crippen LogP contribution is 2.52. The van der Waals surface area contributed by atoms with Crippen LogP contribution in [0, 0.1) is 71.0 Å². The third kappa shape index (κ3) is 14.0. The van der Waals surface area contributed by atoms with Gasteiger partial charge in [0.2, 0.25) is 23.6 Å². The molecule has 0 spiro atoms. The highest BCUT2D eigenvalue weighted by Gasteiger charge is 2.64. The first-order chi connectivity index (χ1) is 45.3. The zero-order valence-electron chi connectivity index (χ0n) is 57.7. The van der Waals surface area contributed by atoms with E-state index in [9.17, 15) is 79.2 Å². The van der Waals surface area contributed by atoms with Gasteiger partial charge in [-0.25, -0.2) is 19.2 Å². The Kier molecular flexibility index (Phi) is 23.0. The number of carbonyl (C=O) groups excluding carboxylic acids is 4. The molecule has 12 aliphatic heterocycles. The molecule has 0 bridgehead atoms. The summed E-state index contributed by atoms with van der Waals surface area (Å²) in [6.07, 6.45) is 6.71. The van der Waals surface area contributed by atoms with E-state index in [-0.39, 0.29) is 94.3 Å². The second-order valence-corrected chi connectivity index (χ2v) is 29.7. The van der Waals surface area contributed by atoms with Crippen LogP contribution in [-0.4, -0.2) is 261 Å². The number of allylic oxidation sites excluding steroid dienone is 1. The number of carboxylic acids is 4. The molecule has 0 aliphatic carbocycles. The van der Waals surface area contributed by atoms with Gasteiger partial charge in [0, 0.05) is 82.6 Å². The highest BCUT2D eigenvalue weighted by atomic mass is 16.4. The predicted molar refractivity (Wildman–Crippen MR) is 353 cm³/mol. The topological polar surface area (TPSA) is 362 Å². The predicted octanol–water partition coefficient (Wildman–Crippen LogP) is 2.43. The van der Waals surface area contributed by atoms with Crippen LogP contribution in [0.4, 0.5) is 0 Å². The molecule has 12 heterocycles. The van der Waals surface area contributed by atoms with Crippen LogP contribution >= 0.6 is 0 Å². The molecule has 12 aliphatic rings. The molecule has 11 N–H and O–H groups in total. The maximum absolute atomic E-state index is 12.4. The first kappa shape index (κ1) is 73.7. The van der Waals surface area contributed by atoms with Gasteiger partial charge in [-0.3, -0.25) is 38.8 Å². The van der Waals surface area contributed by atoms with Crippen molar-refractivity contribution in [2.45, 2.75) is 163 Å². The van der Waals surface area contributed by atoms with Gasteiger partial charge in [0.25, 0.3) is 0 Å². The number of aliphatic carboxylic acids is 4. The first-order valence-corrected chi connectivity index (χ1v) is 34.9. The largest absolute Gasteiger partial charge is 0.477 e. The lowest BCUT2D eigenvalue weighted by atomic mass is 9.77. The summed E-state index contributed by atoms with van der Waals surface area (Å²) in [5, 5.41) is 81.0. The van der Waals surface area contributed by atoms with Crippen LogP contribution < -0.4 is 11.1 Å². The Morgan fingerprint density at radius 3 is 1.04 bits per heavy atom. The molecule has 0 radical (unpaired) electrons. The van der Waals surface area contributed by atoms with E-state index >= 15 is 0 Å². The Morgan fingerprint density at radius 1 is 0.490 bits per heavy atom. The van der Waals surface area contributed by atoms with Gasteiger partial charge in [-0.05, 0) is 138 Å². The van der Waals surface area contributed by atoms with Gasteiger partial charge in [-0.2, -0.15) is 0 Å². The van der Waals surface area contributed by atoms with Crippen LogP contribution in [0.1, 0.15) is 114 Å². The summed E-state index contributed by atoms with van der Waals surface area (Å²) in [6, 6.07) is -0.865. The molecule has 96 heavy (non-hydrogen) atoms. The number of hydrogen-bond donors (Lipinski definition) is 10. The molecule has 0 aromatic carbocycles. The van der Waals surface area contributed by atoms with Crippen LogP contribution in [0.25, 0.3) is 0 Å². The van der Waals surface area contributed by atoms with Crippen molar-refractivity contribution in [3.63, 3.8) is 0 Å². The fourth-order valence-corrected chi connectivity index (χ4v) is 18.2. The zero-order valence-corrected chi connectivity index (χ0v) is 57.7. The second-order valence-electron chi connectivity index (χ2n) is 29.7. The summed E-state index contributed by atoms with van der Waals surface area (Å²) >= 11 is 0. The van der Waals surface area contributed by atoms with E-state index in [2.05, 4.69) is 51.9 Å². The van der Waals surface area contributed by atoms with E-state index < -0.39 is 72.0 Å². The normalized spacial score (nSPS) is 34.4. The van der Waals surface area contributed by atoms with Crippen molar-refractivity contribution < 1.29 is 79.2 Å². The van der Waals surface area contributed by atoms with E-state index in [0.717, 1.165) is 107 Å². The lowest BCUT2D eigenvalue weighted by molar-refractivity contribution is -0.163. The molecular weight excluding hydrogens is 1240 g/mol. The van der Waals surface area contributed by atoms with Crippen LogP contribution in [0.15, 0.2) is 70.1 Å². The minimum absolute atomic E-state index is 0.0145. The summed E-state index contributed by atoms with van der Waals surface area (Å²) in [5.74, 6) is -4.50. The number of fused-ring (bicyclic) bond motifs is 4. The molecule has 8 unspecified atom stereocenters. The summed E-state index contributed by atoms with van der Waals surface area (Å²) in [5.41, 5.74) is 9.40. The third-order valence-electron chi connectivity index (χ3n) is 23.1. The Balaban J connectivity index is 0.000000150. The fourth-order valence-electron chi connectivity index (χ4n) is 18.2. The number of nitrogens with two attached hydrogens (primary N) is 1. The fraction of sp³-hybridized carbons (Fsp3) is 0.714. The Morgan fingerprint density at radius 2 is 0.771 bits per heavy atom. The molecule has 8 saturated heterocycles. The molecule has 20 atom stereocenters. The van der Waals surface area contributed by atoms with E-state index in [4.69, 9.17) is 5.73 Å². The Bertz CT molecular complexity index is 3190. The van der Waals surface area contributed by atoms with Crippen LogP contribution in [0.5, 0.6) is 0 Å². The van der Waals surface area contributed by atoms with Crippen molar-refractivity contribution >= 4 is 47.5 Å². The van der Waals surface area contributed by atoms with Gasteiger partial charge in [0.05, 0.1) is 78.1 Å². The van der Waals surface area contributed by atoms with Gasteiger partial charge in [0.15, 0.2) is 0 Å². The average Bonchev–Trinajstić information content (AvgIpc) is 1.58. The molecule has 4 amide bonds. The van der Waals surface area contributed by atoms with Crippen molar-refractivity contribution in [2.24, 2.45) is 76.7 Å². The van der Waals surface area contributed by atoms with Gasteiger partial charge < -0.3 is 71.5 Å². The summed E-state index contributed by atoms with van der Waals surface area (Å²) in [6.45, 7) is 36.8. The lowest BCUT2D eigenvalue weighted by Crippen LogP contribution is -2.63. The van der Waals surface area contributed by atoms with Crippen molar-refractivity contribution in [3.05, 3.63) is 70.1 Å². The first-order valence-electron chi connectivity index (χ1n) is 34.9. The second kappa shape index (κ2) is 29.9. The number of likely N-dealkylation sites (tertiary alicyclic amines) is 4. The van der Waals surface area contributed by atoms with Crippen LogP contribution in [0.3, 0.4) is 0 Å². The number of nitrogens with one attached hydrogen (secondary N) is 1. The molecule has 12 rings (SSSR count). The number of nitrogens with zero attached hydrogens (tertiary/aromatic N) is 8. The SMILES string of the molecule is C=C(N)NC[C@H]1CCN(CC2=C(C(=O)O)N3C(=O)C([C@@H](C)O)C3[C@H]2C)C1.C=CC[C@H]1CCN(CC2=C(C(=O)O)N3C(=O)C([C@@H](C)O)C3[C@H]2C)C1.CCC[C@H]1CCN(CC2=C(C(=O)O)N3C(=O)C([C@@H](C)O)C3[C@H]2C)C1.C[C@H]1CCN(CC2=C(C(=O)O)N3C(=O)C([C@@H](C)O)C3[C@H]2C)C1. The molecule has 532 valence electrons. The summed E-state index contributed by atoms with van der Waals surface area (Å²) < 4.78 is 0. The standard InChI is InChI=1S/C18H28N4O4.C18H28N2O4.C18H26N2O4.C16H24N2O4/c1-9-13(8-21-5-4-12(7-21)6-20-11(3)19)16(18(25)26)22-15(9)14(10(2)23)17(22)24;2*1-4-5-12-6-7-19(8-12)9-13-10(2)15-14(11(3)21)17(22)20(15)16(13)18(23)24;1-8-4-5-17(6-8)7-11-9(2)13-12(10(3)19)15(20)18(13)14(11)16(21)22/h9-10,12,14-15,20,23H,3-8,19H2,1-2H3,(H,25,26);10-12,14-15,21H,4-9H2,1-3H3,(H,23,24);4,10-12,14-15,21H,1,5-9H2,2-3H3,(H,23,24);8-10,12-13,19H,4-7H2,1-3H3,(H,21,22)/t9-,10+,12+,14?,15?;2*10-,11+,12-,14?,15?;8-,9-,10+,12?,13?/m0000/s1. The minimum Gasteiger partial charge on any atom is -0.477 e. The number of rotatable bonds is 23. The van der Waals surface area contributed by atoms with Gasteiger partial charge in [0.1, 0.15) is 22.8 Å². The Labute approximate surface area is 563 Å². The third-order valence-corrected chi connectivity index (χ3v) is 23.1. The number of aliphatic hydroxyl groups excluding tert-OH is 4. The number of carboxylic acid groups (broad SMARTS) is 4. The number of aliphatic hydroxyl groups is 4. The van der Waals surface area contributed by atoms with Crippen LogP contribution in [0.2, 0.25) is 0 Å². The molecule has 0 saturated carbocycles. The van der Waals surface area contributed by atoms with Crippen molar-refractivity contribution in [3.8, 4) is 0 Å². The molecular formula is C70H106N10O16. The van der Waals surface area contributed by atoms with Crippen molar-refractivity contribution in [1.82, 2.24) is 44.5 Å². The minimum atomic E-state index is -1.07. The molecule has 0 aromatic heterocycles. The van der Waals surface area contributed by atoms with E-state index in [1.807, 2.05) is 33.8 Å². The van der Waals surface area contributed by atoms with E-state index in [1.165, 1.54) is 38.9 Å². The number of hydrogen-bond acceptors (Lipinski definition) is 18. The van der Waals surface area contributed by atoms with Crippen molar-refractivity contribution in [1.29, 1.82) is 0 Å². The van der Waals surface area contributed by atoms with E-state index in [0.29, 0.717) is 55.7 Å². The average molecular weight is 1340 g/mol. The summed E-state index contributed by atoms with van der Waals surface area (Å²) in [7, 11) is 0. The molecule has 26 nitrogen and oxygen atoms in total. The molecule has 8 fully saturated rings. The number of carbonyl (C=O) groups is 8. The maximum Gasteiger partial charge on any atom is 0.352 e. The van der Waals surface area contributed by atoms with Gasteiger partial charge in [-0.15, -0.1) is 6.58 Å². The Hall–Kier alpha value is -6.52. The zero-order chi connectivity index (χ0) is 70.5. The van der Waals surface area contributed by atoms with Crippen molar-refractivity contribution in [2.75, 3.05) is 85.1 Å². The maximum atomic E-state index is 12.4. The number of amides is 4. The smallest absolute Gasteiger partial charge is 0.352 e. The van der Waals surface area contributed by atoms with Crippen LogP contribution in [-0.2, 0) is 38.4 Å². The number of β-lactam (4-membered cyclic amide) rings is 4.